The Balaban J connectivity index is 1.79. The van der Waals surface area contributed by atoms with Gasteiger partial charge in [0, 0.05) is 24.5 Å². The molecule has 100 valence electrons. The van der Waals surface area contributed by atoms with Crippen LogP contribution in [0.5, 0.6) is 0 Å². The van der Waals surface area contributed by atoms with E-state index < -0.39 is 0 Å². The standard InChI is InChI=1S/C15H25N3/c1-2-18(15-8-6-14(16)7-9-15)13-5-12-17-10-3-4-11-17/h6-9H,2-5,10-13,16H2,1H3. The van der Waals surface area contributed by atoms with Gasteiger partial charge >= 0.3 is 0 Å². The van der Waals surface area contributed by atoms with E-state index in [1.165, 1.54) is 44.6 Å². The second-order valence-electron chi connectivity index (χ2n) is 5.07. The molecule has 1 heterocycles. The Labute approximate surface area is 111 Å². The average molecular weight is 247 g/mol. The normalized spacial score (nSPS) is 16.1. The zero-order valence-corrected chi connectivity index (χ0v) is 11.4. The van der Waals surface area contributed by atoms with Crippen molar-refractivity contribution in [1.82, 2.24) is 4.90 Å². The van der Waals surface area contributed by atoms with E-state index in [-0.39, 0.29) is 0 Å². The molecule has 1 saturated heterocycles. The number of hydrogen-bond donors (Lipinski definition) is 1. The minimum atomic E-state index is 0.840. The fourth-order valence-electron chi connectivity index (χ4n) is 2.65. The molecule has 1 fully saturated rings. The van der Waals surface area contributed by atoms with Gasteiger partial charge in [0.05, 0.1) is 0 Å². The summed E-state index contributed by atoms with van der Waals surface area (Å²) in [7, 11) is 0. The third-order valence-electron chi connectivity index (χ3n) is 3.74. The van der Waals surface area contributed by atoms with Gasteiger partial charge in [-0.25, -0.2) is 0 Å². The van der Waals surface area contributed by atoms with Crippen LogP contribution in [0.25, 0.3) is 0 Å². The molecule has 1 aliphatic rings. The van der Waals surface area contributed by atoms with Gasteiger partial charge in [-0.1, -0.05) is 0 Å². The maximum atomic E-state index is 5.73. The molecular weight excluding hydrogens is 222 g/mol. The topological polar surface area (TPSA) is 32.5 Å². The van der Waals surface area contributed by atoms with Gasteiger partial charge in [-0.3, -0.25) is 0 Å². The van der Waals surface area contributed by atoms with Crippen molar-refractivity contribution in [2.45, 2.75) is 26.2 Å². The van der Waals surface area contributed by atoms with E-state index in [0.29, 0.717) is 0 Å². The fraction of sp³-hybridized carbons (Fsp3) is 0.600. The van der Waals surface area contributed by atoms with Gasteiger partial charge in [0.15, 0.2) is 0 Å². The van der Waals surface area contributed by atoms with Crippen molar-refractivity contribution >= 4 is 11.4 Å². The molecule has 18 heavy (non-hydrogen) atoms. The zero-order chi connectivity index (χ0) is 12.8. The number of nitrogens with zero attached hydrogens (tertiary/aromatic N) is 2. The smallest absolute Gasteiger partial charge is 0.0367 e. The van der Waals surface area contributed by atoms with Crippen LogP contribution in [-0.4, -0.2) is 37.6 Å². The first kappa shape index (κ1) is 13.2. The molecule has 1 aromatic carbocycles. The Morgan fingerprint density at radius 3 is 2.44 bits per heavy atom. The van der Waals surface area contributed by atoms with E-state index in [1.54, 1.807) is 0 Å². The number of nitrogen functional groups attached to an aromatic ring is 1. The predicted molar refractivity (Wildman–Crippen MR) is 79.0 cm³/mol. The molecule has 0 aromatic heterocycles. The quantitative estimate of drug-likeness (QED) is 0.784. The molecular formula is C15H25N3. The Bertz CT molecular complexity index is 341. The molecule has 1 aromatic rings. The molecule has 0 atom stereocenters. The molecule has 0 aliphatic carbocycles. The molecule has 2 N–H and O–H groups in total. The number of likely N-dealkylation sites (tertiary alicyclic amines) is 1. The van der Waals surface area contributed by atoms with Gasteiger partial charge in [-0.05, 0) is 70.1 Å². The molecule has 0 saturated carbocycles. The summed E-state index contributed by atoms with van der Waals surface area (Å²) in [5.74, 6) is 0. The summed E-state index contributed by atoms with van der Waals surface area (Å²) in [6.45, 7) is 8.25. The van der Waals surface area contributed by atoms with Crippen LogP contribution in [0.4, 0.5) is 11.4 Å². The minimum absolute atomic E-state index is 0.840. The van der Waals surface area contributed by atoms with E-state index in [1.807, 2.05) is 12.1 Å². The molecule has 2 rings (SSSR count). The van der Waals surface area contributed by atoms with E-state index in [2.05, 4.69) is 28.9 Å². The van der Waals surface area contributed by atoms with Crippen LogP contribution in [0, 0.1) is 0 Å². The number of benzene rings is 1. The highest BCUT2D eigenvalue weighted by atomic mass is 15.2. The number of rotatable bonds is 6. The monoisotopic (exact) mass is 247 g/mol. The van der Waals surface area contributed by atoms with Crippen molar-refractivity contribution in [1.29, 1.82) is 0 Å². The summed E-state index contributed by atoms with van der Waals surface area (Å²) in [5, 5.41) is 0. The molecule has 3 nitrogen and oxygen atoms in total. The van der Waals surface area contributed by atoms with Gasteiger partial charge < -0.3 is 15.5 Å². The Hall–Kier alpha value is -1.22. The van der Waals surface area contributed by atoms with Crippen molar-refractivity contribution in [3.63, 3.8) is 0 Å². The van der Waals surface area contributed by atoms with Crippen LogP contribution in [0.15, 0.2) is 24.3 Å². The largest absolute Gasteiger partial charge is 0.399 e. The number of nitrogens with two attached hydrogens (primary N) is 1. The lowest BCUT2D eigenvalue weighted by Gasteiger charge is -2.24. The van der Waals surface area contributed by atoms with Crippen LogP contribution in [0.1, 0.15) is 26.2 Å². The fourth-order valence-corrected chi connectivity index (χ4v) is 2.65. The highest BCUT2D eigenvalue weighted by Crippen LogP contribution is 2.16. The molecule has 0 radical (unpaired) electrons. The first-order chi connectivity index (χ1) is 8.79. The maximum Gasteiger partial charge on any atom is 0.0367 e. The number of anilines is 2. The first-order valence-electron chi connectivity index (χ1n) is 7.12. The first-order valence-corrected chi connectivity index (χ1v) is 7.12. The summed E-state index contributed by atoms with van der Waals surface area (Å²) < 4.78 is 0. The van der Waals surface area contributed by atoms with Gasteiger partial charge in [-0.15, -0.1) is 0 Å². The van der Waals surface area contributed by atoms with E-state index in [9.17, 15) is 0 Å². The average Bonchev–Trinajstić information content (AvgIpc) is 2.89. The van der Waals surface area contributed by atoms with Crippen LogP contribution < -0.4 is 10.6 Å². The summed E-state index contributed by atoms with van der Waals surface area (Å²) >= 11 is 0. The lowest BCUT2D eigenvalue weighted by molar-refractivity contribution is 0.334. The van der Waals surface area contributed by atoms with Crippen molar-refractivity contribution in [2.75, 3.05) is 43.4 Å². The third kappa shape index (κ3) is 3.64. The zero-order valence-electron chi connectivity index (χ0n) is 11.4. The lowest BCUT2D eigenvalue weighted by atomic mass is 10.2. The van der Waals surface area contributed by atoms with E-state index >= 15 is 0 Å². The Morgan fingerprint density at radius 2 is 1.83 bits per heavy atom. The van der Waals surface area contributed by atoms with E-state index in [0.717, 1.165) is 18.8 Å². The SMILES string of the molecule is CCN(CCCN1CCCC1)c1ccc(N)cc1. The Morgan fingerprint density at radius 1 is 1.17 bits per heavy atom. The van der Waals surface area contributed by atoms with Crippen LogP contribution in [0.3, 0.4) is 0 Å². The second-order valence-corrected chi connectivity index (χ2v) is 5.07. The van der Waals surface area contributed by atoms with Gasteiger partial charge in [0.25, 0.3) is 0 Å². The molecule has 0 spiro atoms. The van der Waals surface area contributed by atoms with Gasteiger partial charge in [0.2, 0.25) is 0 Å². The van der Waals surface area contributed by atoms with Crippen LogP contribution in [0.2, 0.25) is 0 Å². The van der Waals surface area contributed by atoms with E-state index in [4.69, 9.17) is 5.73 Å². The van der Waals surface area contributed by atoms with Crippen LogP contribution in [-0.2, 0) is 0 Å². The van der Waals surface area contributed by atoms with Crippen molar-refractivity contribution in [2.24, 2.45) is 0 Å². The Kier molecular flexibility index (Phi) is 4.88. The van der Waals surface area contributed by atoms with Crippen molar-refractivity contribution in [3.8, 4) is 0 Å². The minimum Gasteiger partial charge on any atom is -0.399 e. The highest BCUT2D eigenvalue weighted by molar-refractivity contribution is 5.52. The third-order valence-corrected chi connectivity index (χ3v) is 3.74. The molecule has 0 bridgehead atoms. The summed E-state index contributed by atoms with van der Waals surface area (Å²) in [6, 6.07) is 8.21. The van der Waals surface area contributed by atoms with Gasteiger partial charge in [0.1, 0.15) is 0 Å². The molecule has 3 heteroatoms. The van der Waals surface area contributed by atoms with Crippen molar-refractivity contribution in [3.05, 3.63) is 24.3 Å². The molecule has 1 aliphatic heterocycles. The van der Waals surface area contributed by atoms with Gasteiger partial charge in [-0.2, -0.15) is 0 Å². The molecule has 0 amide bonds. The maximum absolute atomic E-state index is 5.73. The summed E-state index contributed by atoms with van der Waals surface area (Å²) in [4.78, 5) is 5.01. The summed E-state index contributed by atoms with van der Waals surface area (Å²) in [5.41, 5.74) is 7.85. The van der Waals surface area contributed by atoms with Crippen LogP contribution >= 0.6 is 0 Å². The second kappa shape index (κ2) is 6.64. The highest BCUT2D eigenvalue weighted by Gasteiger charge is 2.11. The predicted octanol–water partition coefficient (Wildman–Crippen LogP) is 2.58. The number of hydrogen-bond acceptors (Lipinski definition) is 3. The summed E-state index contributed by atoms with van der Waals surface area (Å²) in [6.07, 6.45) is 4.02. The lowest BCUT2D eigenvalue weighted by Crippen LogP contribution is -2.28. The molecule has 0 unspecified atom stereocenters. The van der Waals surface area contributed by atoms with Crippen molar-refractivity contribution < 1.29 is 0 Å².